The van der Waals surface area contributed by atoms with E-state index in [-0.39, 0.29) is 6.04 Å². The molecular formula is C33H35NO4. The number of hydrogen-bond donors (Lipinski definition) is 0. The van der Waals surface area contributed by atoms with Crippen molar-refractivity contribution in [1.82, 2.24) is 4.90 Å². The molecule has 0 unspecified atom stereocenters. The second-order valence-corrected chi connectivity index (χ2v) is 9.69. The molecule has 0 bridgehead atoms. The second-order valence-electron chi connectivity index (χ2n) is 9.69. The Morgan fingerprint density at radius 1 is 0.658 bits per heavy atom. The summed E-state index contributed by atoms with van der Waals surface area (Å²) in [5, 5.41) is 0. The smallest absolute Gasteiger partial charge is 0.162 e. The molecule has 0 aliphatic carbocycles. The zero-order chi connectivity index (χ0) is 26.3. The zero-order valence-electron chi connectivity index (χ0n) is 22.4. The van der Waals surface area contributed by atoms with Crippen LogP contribution in [0.4, 0.5) is 0 Å². The molecule has 0 saturated heterocycles. The maximum atomic E-state index is 6.26. The quantitative estimate of drug-likeness (QED) is 0.240. The number of nitrogens with zero attached hydrogens (tertiary/aromatic N) is 1. The van der Waals surface area contributed by atoms with Gasteiger partial charge in [-0.3, -0.25) is 4.90 Å². The minimum Gasteiger partial charge on any atom is -0.493 e. The molecule has 196 valence electrons. The number of likely N-dealkylation sites (N-methyl/N-ethyl adjacent to an activating group) is 1. The van der Waals surface area contributed by atoms with Crippen LogP contribution in [0, 0.1) is 0 Å². The Balaban J connectivity index is 1.39. The molecule has 1 atom stereocenters. The molecule has 0 N–H and O–H groups in total. The Kier molecular flexibility index (Phi) is 8.15. The number of fused-ring (bicyclic) bond motifs is 1. The molecule has 0 radical (unpaired) electrons. The summed E-state index contributed by atoms with van der Waals surface area (Å²) in [6.45, 7) is 1.98. The van der Waals surface area contributed by atoms with E-state index in [0.29, 0.717) is 13.2 Å². The van der Waals surface area contributed by atoms with E-state index in [0.717, 1.165) is 53.5 Å². The fourth-order valence-electron chi connectivity index (χ4n) is 5.03. The van der Waals surface area contributed by atoms with Gasteiger partial charge in [0.05, 0.1) is 14.2 Å². The summed E-state index contributed by atoms with van der Waals surface area (Å²) in [5.74, 6) is 3.05. The van der Waals surface area contributed by atoms with Gasteiger partial charge >= 0.3 is 0 Å². The molecule has 4 aromatic carbocycles. The van der Waals surface area contributed by atoms with Crippen LogP contribution in [-0.4, -0.2) is 32.7 Å². The Morgan fingerprint density at radius 3 is 1.87 bits per heavy atom. The van der Waals surface area contributed by atoms with Gasteiger partial charge in [0.15, 0.2) is 23.0 Å². The standard InChI is InChI=1S/C33H35NO4/c1-34-17-16-27-20-31(36-3)33(38-23-25-12-8-5-9-13-25)21-28(27)29(34)18-26-14-15-30(35-2)32(19-26)37-22-24-10-6-4-7-11-24/h4-15,19-21,29H,16-18,22-23H2,1-3H3/t29-/m0/s1. The fourth-order valence-corrected chi connectivity index (χ4v) is 5.03. The molecule has 4 aromatic rings. The van der Waals surface area contributed by atoms with Crippen molar-refractivity contribution in [1.29, 1.82) is 0 Å². The number of rotatable bonds is 10. The van der Waals surface area contributed by atoms with Crippen molar-refractivity contribution in [3.05, 3.63) is 119 Å². The minimum absolute atomic E-state index is 0.207. The largest absolute Gasteiger partial charge is 0.493 e. The first-order chi connectivity index (χ1) is 18.6. The highest BCUT2D eigenvalue weighted by Crippen LogP contribution is 2.40. The van der Waals surface area contributed by atoms with Crippen LogP contribution in [0.2, 0.25) is 0 Å². The number of benzene rings is 4. The van der Waals surface area contributed by atoms with Crippen molar-refractivity contribution in [2.75, 3.05) is 27.8 Å². The molecule has 1 heterocycles. The number of hydrogen-bond acceptors (Lipinski definition) is 5. The molecule has 0 amide bonds. The molecule has 5 nitrogen and oxygen atoms in total. The summed E-state index contributed by atoms with van der Waals surface area (Å²) in [6, 6.07) is 31.2. The van der Waals surface area contributed by atoms with Crippen LogP contribution >= 0.6 is 0 Å². The van der Waals surface area contributed by atoms with Gasteiger partial charge in [0.25, 0.3) is 0 Å². The number of methoxy groups -OCH3 is 2. The molecule has 1 aliphatic heterocycles. The molecule has 0 aromatic heterocycles. The van der Waals surface area contributed by atoms with Crippen molar-refractivity contribution in [3.8, 4) is 23.0 Å². The van der Waals surface area contributed by atoms with Crippen LogP contribution in [0.3, 0.4) is 0 Å². The summed E-state index contributed by atoms with van der Waals surface area (Å²) in [6.07, 6.45) is 1.82. The van der Waals surface area contributed by atoms with Gasteiger partial charge in [-0.1, -0.05) is 66.7 Å². The molecule has 38 heavy (non-hydrogen) atoms. The van der Waals surface area contributed by atoms with Crippen LogP contribution in [0.15, 0.2) is 91.0 Å². The maximum Gasteiger partial charge on any atom is 0.162 e. The molecule has 0 spiro atoms. The van der Waals surface area contributed by atoms with Gasteiger partial charge in [0.2, 0.25) is 0 Å². The topological polar surface area (TPSA) is 40.2 Å². The van der Waals surface area contributed by atoms with Crippen molar-refractivity contribution in [3.63, 3.8) is 0 Å². The van der Waals surface area contributed by atoms with Crippen molar-refractivity contribution >= 4 is 0 Å². The van der Waals surface area contributed by atoms with Gasteiger partial charge < -0.3 is 18.9 Å². The lowest BCUT2D eigenvalue weighted by molar-refractivity contribution is 0.226. The summed E-state index contributed by atoms with van der Waals surface area (Å²) < 4.78 is 23.8. The minimum atomic E-state index is 0.207. The molecule has 1 aliphatic rings. The average Bonchev–Trinajstić information content (AvgIpc) is 2.97. The Labute approximate surface area is 225 Å². The lowest BCUT2D eigenvalue weighted by Crippen LogP contribution is -2.33. The van der Waals surface area contributed by atoms with Gasteiger partial charge in [-0.05, 0) is 72.0 Å². The average molecular weight is 510 g/mol. The third kappa shape index (κ3) is 5.95. The van der Waals surface area contributed by atoms with Crippen LogP contribution in [-0.2, 0) is 26.1 Å². The molecule has 5 heteroatoms. The van der Waals surface area contributed by atoms with Crippen molar-refractivity contribution in [2.45, 2.75) is 32.1 Å². The van der Waals surface area contributed by atoms with Gasteiger partial charge in [0.1, 0.15) is 13.2 Å². The Morgan fingerprint density at radius 2 is 1.26 bits per heavy atom. The normalized spacial score (nSPS) is 15.0. The van der Waals surface area contributed by atoms with Gasteiger partial charge in [0, 0.05) is 12.6 Å². The summed E-state index contributed by atoms with van der Waals surface area (Å²) in [5.41, 5.74) is 6.04. The lowest BCUT2D eigenvalue weighted by atomic mass is 9.88. The number of ether oxygens (including phenoxy) is 4. The van der Waals surface area contributed by atoms with Gasteiger partial charge in [-0.15, -0.1) is 0 Å². The first kappa shape index (κ1) is 25.7. The van der Waals surface area contributed by atoms with E-state index in [9.17, 15) is 0 Å². The van der Waals surface area contributed by atoms with Crippen LogP contribution in [0.25, 0.3) is 0 Å². The molecule has 0 saturated carbocycles. The molecule has 0 fully saturated rings. The molecule has 5 rings (SSSR count). The van der Waals surface area contributed by atoms with Crippen LogP contribution in [0.5, 0.6) is 23.0 Å². The van der Waals surface area contributed by atoms with Crippen LogP contribution < -0.4 is 18.9 Å². The fraction of sp³-hybridized carbons (Fsp3) is 0.273. The van der Waals surface area contributed by atoms with E-state index in [1.807, 2.05) is 42.5 Å². The Bertz CT molecular complexity index is 1340. The highest BCUT2D eigenvalue weighted by molar-refractivity contribution is 5.50. The van der Waals surface area contributed by atoms with Crippen LogP contribution in [0.1, 0.15) is 33.9 Å². The highest BCUT2D eigenvalue weighted by atomic mass is 16.5. The third-order valence-corrected chi connectivity index (χ3v) is 7.18. The zero-order valence-corrected chi connectivity index (χ0v) is 22.4. The van der Waals surface area contributed by atoms with E-state index in [4.69, 9.17) is 18.9 Å². The lowest BCUT2D eigenvalue weighted by Gasteiger charge is -2.35. The van der Waals surface area contributed by atoms with E-state index < -0.39 is 0 Å². The van der Waals surface area contributed by atoms with E-state index >= 15 is 0 Å². The van der Waals surface area contributed by atoms with Gasteiger partial charge in [-0.25, -0.2) is 0 Å². The first-order valence-corrected chi connectivity index (χ1v) is 13.1. The van der Waals surface area contributed by atoms with E-state index in [2.05, 4.69) is 60.5 Å². The van der Waals surface area contributed by atoms with Crippen molar-refractivity contribution < 1.29 is 18.9 Å². The summed E-state index contributed by atoms with van der Waals surface area (Å²) in [7, 11) is 5.58. The predicted octanol–water partition coefficient (Wildman–Crippen LogP) is 6.63. The monoisotopic (exact) mass is 509 g/mol. The highest BCUT2D eigenvalue weighted by Gasteiger charge is 2.27. The summed E-state index contributed by atoms with van der Waals surface area (Å²) in [4.78, 5) is 2.42. The second kappa shape index (κ2) is 12.1. The SMILES string of the molecule is COc1ccc(C[C@H]2c3cc(OCc4ccccc4)c(OC)cc3CCN2C)cc1OCc1ccccc1. The third-order valence-electron chi connectivity index (χ3n) is 7.18. The van der Waals surface area contributed by atoms with E-state index in [1.54, 1.807) is 14.2 Å². The maximum absolute atomic E-state index is 6.26. The predicted molar refractivity (Wildman–Crippen MR) is 150 cm³/mol. The van der Waals surface area contributed by atoms with E-state index in [1.165, 1.54) is 16.7 Å². The summed E-state index contributed by atoms with van der Waals surface area (Å²) >= 11 is 0. The van der Waals surface area contributed by atoms with Crippen molar-refractivity contribution in [2.24, 2.45) is 0 Å². The van der Waals surface area contributed by atoms with Gasteiger partial charge in [-0.2, -0.15) is 0 Å². The molecular weight excluding hydrogens is 474 g/mol. The first-order valence-electron chi connectivity index (χ1n) is 13.1. The Hall–Kier alpha value is -3.96.